The maximum atomic E-state index is 11.8. The Morgan fingerprint density at radius 1 is 1.25 bits per heavy atom. The molecule has 1 aliphatic carbocycles. The van der Waals surface area contributed by atoms with Crippen molar-refractivity contribution >= 4 is 11.8 Å². The van der Waals surface area contributed by atoms with Crippen LogP contribution in [0.1, 0.15) is 41.6 Å². The molecule has 2 rings (SSSR count). The summed E-state index contributed by atoms with van der Waals surface area (Å²) in [4.78, 5) is 23.2. The second kappa shape index (κ2) is 6.05. The lowest BCUT2D eigenvalue weighted by atomic mass is 9.75. The van der Waals surface area contributed by atoms with E-state index in [-0.39, 0.29) is 17.4 Å². The Labute approximate surface area is 118 Å². The first-order valence-corrected chi connectivity index (χ1v) is 6.89. The zero-order chi connectivity index (χ0) is 14.6. The van der Waals surface area contributed by atoms with Crippen molar-refractivity contribution < 1.29 is 9.59 Å². The van der Waals surface area contributed by atoms with Gasteiger partial charge in [0, 0.05) is 31.1 Å². The number of hydrogen-bond donors (Lipinski definition) is 3. The van der Waals surface area contributed by atoms with Crippen LogP contribution in [0, 0.1) is 0 Å². The fourth-order valence-electron chi connectivity index (χ4n) is 2.31. The van der Waals surface area contributed by atoms with Gasteiger partial charge in [0.25, 0.3) is 5.91 Å². The molecular weight excluding hydrogens is 254 g/mol. The number of carbonyl (C=O) groups excluding carboxylic acids is 2. The molecule has 108 valence electrons. The second-order valence-corrected chi connectivity index (χ2v) is 5.45. The number of nitrogens with two attached hydrogens (primary N) is 1. The molecule has 1 aliphatic rings. The Bertz CT molecular complexity index is 492. The first-order chi connectivity index (χ1) is 9.52. The van der Waals surface area contributed by atoms with Crippen LogP contribution in [0.25, 0.3) is 0 Å². The van der Waals surface area contributed by atoms with Gasteiger partial charge in [0.2, 0.25) is 5.91 Å². The summed E-state index contributed by atoms with van der Waals surface area (Å²) < 4.78 is 0. The molecule has 20 heavy (non-hydrogen) atoms. The lowest BCUT2D eigenvalue weighted by Crippen LogP contribution is -2.49. The summed E-state index contributed by atoms with van der Waals surface area (Å²) in [7, 11) is 1.60. The van der Waals surface area contributed by atoms with Crippen molar-refractivity contribution in [2.24, 2.45) is 5.73 Å². The Balaban J connectivity index is 1.81. The zero-order valence-corrected chi connectivity index (χ0v) is 11.7. The fourth-order valence-corrected chi connectivity index (χ4v) is 2.31. The predicted molar refractivity (Wildman–Crippen MR) is 77.1 cm³/mol. The molecule has 2 amide bonds. The number of rotatable bonds is 5. The van der Waals surface area contributed by atoms with Gasteiger partial charge in [-0.3, -0.25) is 9.59 Å². The highest BCUT2D eigenvalue weighted by Gasteiger charge is 2.34. The van der Waals surface area contributed by atoms with Crippen LogP contribution < -0.4 is 16.4 Å². The van der Waals surface area contributed by atoms with Crippen molar-refractivity contribution in [2.45, 2.75) is 37.8 Å². The summed E-state index contributed by atoms with van der Waals surface area (Å²) in [5.74, 6) is -0.127. The number of amides is 2. The molecule has 0 heterocycles. The molecule has 0 atom stereocenters. The number of nitrogens with one attached hydrogen (secondary N) is 2. The SMILES string of the molecule is CNC(=O)c1ccc(CNC(=O)CC2(N)CCC2)cc1. The van der Waals surface area contributed by atoms with Crippen molar-refractivity contribution in [3.63, 3.8) is 0 Å². The van der Waals surface area contributed by atoms with Crippen LogP contribution in [-0.2, 0) is 11.3 Å². The Morgan fingerprint density at radius 2 is 1.90 bits per heavy atom. The van der Waals surface area contributed by atoms with E-state index in [1.165, 1.54) is 0 Å². The van der Waals surface area contributed by atoms with Crippen LogP contribution in [0.4, 0.5) is 0 Å². The van der Waals surface area contributed by atoms with E-state index in [9.17, 15) is 9.59 Å². The summed E-state index contributed by atoms with van der Waals surface area (Å²) in [6, 6.07) is 7.17. The number of benzene rings is 1. The maximum Gasteiger partial charge on any atom is 0.251 e. The van der Waals surface area contributed by atoms with Gasteiger partial charge in [-0.2, -0.15) is 0 Å². The quantitative estimate of drug-likeness (QED) is 0.747. The molecule has 5 heteroatoms. The first kappa shape index (κ1) is 14.5. The van der Waals surface area contributed by atoms with E-state index in [1.54, 1.807) is 19.2 Å². The molecule has 0 aromatic heterocycles. The zero-order valence-electron chi connectivity index (χ0n) is 11.7. The molecule has 5 nitrogen and oxygen atoms in total. The third-order valence-corrected chi connectivity index (χ3v) is 3.79. The van der Waals surface area contributed by atoms with Gasteiger partial charge in [-0.1, -0.05) is 12.1 Å². The van der Waals surface area contributed by atoms with E-state index in [0.29, 0.717) is 18.5 Å². The van der Waals surface area contributed by atoms with Crippen molar-refractivity contribution in [3.05, 3.63) is 35.4 Å². The Kier molecular flexibility index (Phi) is 4.39. The van der Waals surface area contributed by atoms with E-state index in [1.807, 2.05) is 12.1 Å². The smallest absolute Gasteiger partial charge is 0.251 e. The van der Waals surface area contributed by atoms with Gasteiger partial charge in [0.05, 0.1) is 0 Å². The monoisotopic (exact) mass is 275 g/mol. The molecule has 1 fully saturated rings. The van der Waals surface area contributed by atoms with Crippen LogP contribution in [0.2, 0.25) is 0 Å². The fraction of sp³-hybridized carbons (Fsp3) is 0.467. The molecule has 1 saturated carbocycles. The Hall–Kier alpha value is -1.88. The molecule has 0 bridgehead atoms. The topological polar surface area (TPSA) is 84.2 Å². The third kappa shape index (κ3) is 3.57. The first-order valence-electron chi connectivity index (χ1n) is 6.89. The average molecular weight is 275 g/mol. The normalized spacial score (nSPS) is 16.1. The van der Waals surface area contributed by atoms with Gasteiger partial charge in [-0.25, -0.2) is 0 Å². The van der Waals surface area contributed by atoms with Gasteiger partial charge in [0.1, 0.15) is 0 Å². The minimum atomic E-state index is -0.285. The van der Waals surface area contributed by atoms with Crippen LogP contribution in [0.3, 0.4) is 0 Å². The summed E-state index contributed by atoms with van der Waals surface area (Å²) >= 11 is 0. The van der Waals surface area contributed by atoms with Crippen molar-refractivity contribution in [3.8, 4) is 0 Å². The molecule has 0 unspecified atom stereocenters. The molecular formula is C15H21N3O2. The predicted octanol–water partition coefficient (Wildman–Crippen LogP) is 0.934. The molecule has 4 N–H and O–H groups in total. The molecule has 0 aliphatic heterocycles. The lowest BCUT2D eigenvalue weighted by molar-refractivity contribution is -0.123. The molecule has 0 spiro atoms. The third-order valence-electron chi connectivity index (χ3n) is 3.79. The maximum absolute atomic E-state index is 11.8. The van der Waals surface area contributed by atoms with Crippen LogP contribution in [-0.4, -0.2) is 24.4 Å². The molecule has 0 saturated heterocycles. The van der Waals surface area contributed by atoms with Gasteiger partial charge < -0.3 is 16.4 Å². The summed E-state index contributed by atoms with van der Waals surface area (Å²) in [6.45, 7) is 0.461. The summed E-state index contributed by atoms with van der Waals surface area (Å²) in [5.41, 5.74) is 7.32. The van der Waals surface area contributed by atoms with Gasteiger partial charge >= 0.3 is 0 Å². The highest BCUT2D eigenvalue weighted by atomic mass is 16.2. The average Bonchev–Trinajstić information content (AvgIpc) is 2.43. The highest BCUT2D eigenvalue weighted by Crippen LogP contribution is 2.31. The Morgan fingerprint density at radius 3 is 2.40 bits per heavy atom. The second-order valence-electron chi connectivity index (χ2n) is 5.45. The molecule has 1 aromatic carbocycles. The molecule has 1 aromatic rings. The van der Waals surface area contributed by atoms with E-state index in [4.69, 9.17) is 5.73 Å². The van der Waals surface area contributed by atoms with E-state index in [0.717, 1.165) is 24.8 Å². The summed E-state index contributed by atoms with van der Waals surface area (Å²) in [5, 5.41) is 5.43. The largest absolute Gasteiger partial charge is 0.355 e. The standard InChI is InChI=1S/C15H21N3O2/c1-17-14(20)12-5-3-11(4-6-12)10-18-13(19)9-15(16)7-2-8-15/h3-6H,2,7-10,16H2,1H3,(H,17,20)(H,18,19). The minimum Gasteiger partial charge on any atom is -0.355 e. The van der Waals surface area contributed by atoms with Gasteiger partial charge in [-0.05, 0) is 37.0 Å². The van der Waals surface area contributed by atoms with Crippen molar-refractivity contribution in [1.82, 2.24) is 10.6 Å². The van der Waals surface area contributed by atoms with E-state index in [2.05, 4.69) is 10.6 Å². The minimum absolute atomic E-state index is 0.0115. The lowest BCUT2D eigenvalue weighted by Gasteiger charge is -2.37. The van der Waals surface area contributed by atoms with Crippen molar-refractivity contribution in [2.75, 3.05) is 7.05 Å². The highest BCUT2D eigenvalue weighted by molar-refractivity contribution is 5.93. The van der Waals surface area contributed by atoms with Crippen LogP contribution in [0.5, 0.6) is 0 Å². The van der Waals surface area contributed by atoms with Gasteiger partial charge in [0.15, 0.2) is 0 Å². The number of carbonyl (C=O) groups is 2. The summed E-state index contributed by atoms with van der Waals surface area (Å²) in [6.07, 6.45) is 3.37. The van der Waals surface area contributed by atoms with E-state index >= 15 is 0 Å². The van der Waals surface area contributed by atoms with Crippen LogP contribution >= 0.6 is 0 Å². The van der Waals surface area contributed by atoms with E-state index < -0.39 is 0 Å². The van der Waals surface area contributed by atoms with Crippen LogP contribution in [0.15, 0.2) is 24.3 Å². The van der Waals surface area contributed by atoms with Gasteiger partial charge in [-0.15, -0.1) is 0 Å². The molecule has 0 radical (unpaired) electrons. The van der Waals surface area contributed by atoms with Crippen molar-refractivity contribution in [1.29, 1.82) is 0 Å². The number of hydrogen-bond acceptors (Lipinski definition) is 3.